The number of tetrazole rings is 1. The van der Waals surface area contributed by atoms with Gasteiger partial charge in [0.05, 0.1) is 5.54 Å². The largest absolute Gasteiger partial charge is 0.322 e. The molecule has 4 heterocycles. The molecule has 2 atom stereocenters. The molecule has 4 N–H and O–H groups in total. The molecule has 2 saturated heterocycles. The topological polar surface area (TPSA) is 145 Å². The minimum Gasteiger partial charge on any atom is -0.322 e. The molecule has 3 amide bonds. The second kappa shape index (κ2) is 7.26. The molecular weight excluding hydrogens is 388 g/mol. The Morgan fingerprint density at radius 2 is 2.17 bits per heavy atom. The maximum absolute atomic E-state index is 12.8. The van der Waals surface area contributed by atoms with Crippen LogP contribution in [0.3, 0.4) is 0 Å². The fraction of sp³-hybridized carbons (Fsp3) is 0.474. The van der Waals surface area contributed by atoms with Gasteiger partial charge in [-0.15, -0.1) is 10.2 Å². The first-order valence-electron chi connectivity index (χ1n) is 10.0. The van der Waals surface area contributed by atoms with E-state index in [1.807, 2.05) is 18.2 Å². The SMILES string of the molecule is O=C1CCC(N2Cc3cc(CNC4(c5nn[nH]n5)CCNC4)ccc3C2=O)C(=O)N1. The Balaban J connectivity index is 1.31. The lowest BCUT2D eigenvalue weighted by Gasteiger charge is -2.29. The minimum absolute atomic E-state index is 0.165. The van der Waals surface area contributed by atoms with E-state index >= 15 is 0 Å². The number of fused-ring (bicyclic) bond motifs is 1. The third-order valence-corrected chi connectivity index (χ3v) is 6.15. The van der Waals surface area contributed by atoms with E-state index in [-0.39, 0.29) is 23.8 Å². The second-order valence-corrected chi connectivity index (χ2v) is 7.99. The predicted molar refractivity (Wildman–Crippen MR) is 103 cm³/mol. The van der Waals surface area contributed by atoms with Gasteiger partial charge in [0.25, 0.3) is 5.91 Å². The van der Waals surface area contributed by atoms with E-state index in [4.69, 9.17) is 0 Å². The molecular formula is C19H22N8O3. The number of aromatic amines is 1. The van der Waals surface area contributed by atoms with E-state index in [9.17, 15) is 14.4 Å². The first-order valence-corrected chi connectivity index (χ1v) is 10.0. The summed E-state index contributed by atoms with van der Waals surface area (Å²) in [7, 11) is 0. The quantitative estimate of drug-likeness (QED) is 0.457. The van der Waals surface area contributed by atoms with Crippen LogP contribution >= 0.6 is 0 Å². The summed E-state index contributed by atoms with van der Waals surface area (Å²) in [6.07, 6.45) is 1.45. The van der Waals surface area contributed by atoms with Crippen molar-refractivity contribution in [2.75, 3.05) is 13.1 Å². The Morgan fingerprint density at radius 3 is 2.90 bits per heavy atom. The maximum atomic E-state index is 12.8. The molecule has 1 aromatic heterocycles. The van der Waals surface area contributed by atoms with Crippen molar-refractivity contribution < 1.29 is 14.4 Å². The number of hydrogen-bond acceptors (Lipinski definition) is 8. The number of H-pyrrole nitrogens is 1. The third kappa shape index (κ3) is 3.15. The van der Waals surface area contributed by atoms with E-state index in [0.717, 1.165) is 24.1 Å². The first kappa shape index (κ1) is 18.8. The van der Waals surface area contributed by atoms with Crippen molar-refractivity contribution >= 4 is 17.7 Å². The molecule has 2 fully saturated rings. The highest BCUT2D eigenvalue weighted by molar-refractivity contribution is 6.05. The van der Waals surface area contributed by atoms with Crippen LogP contribution in [-0.2, 0) is 28.2 Å². The summed E-state index contributed by atoms with van der Waals surface area (Å²) in [6, 6.07) is 5.13. The highest BCUT2D eigenvalue weighted by atomic mass is 16.2. The van der Waals surface area contributed by atoms with E-state index in [2.05, 4.69) is 36.6 Å². The molecule has 0 bridgehead atoms. The lowest BCUT2D eigenvalue weighted by Crippen LogP contribution is -2.52. The van der Waals surface area contributed by atoms with Gasteiger partial charge >= 0.3 is 0 Å². The van der Waals surface area contributed by atoms with Crippen molar-refractivity contribution in [2.45, 2.75) is 43.9 Å². The summed E-state index contributed by atoms with van der Waals surface area (Å²) in [6.45, 7) is 2.52. The van der Waals surface area contributed by atoms with E-state index in [1.165, 1.54) is 0 Å². The van der Waals surface area contributed by atoms with Crippen molar-refractivity contribution in [3.8, 4) is 0 Å². The highest BCUT2D eigenvalue weighted by Crippen LogP contribution is 2.29. The predicted octanol–water partition coefficient (Wildman–Crippen LogP) is -1.06. The Bertz CT molecular complexity index is 999. The van der Waals surface area contributed by atoms with Gasteiger partial charge in [-0.3, -0.25) is 25.0 Å². The molecule has 0 radical (unpaired) electrons. The summed E-state index contributed by atoms with van der Waals surface area (Å²) in [5.41, 5.74) is 2.14. The van der Waals surface area contributed by atoms with Crippen LogP contribution < -0.4 is 16.0 Å². The average Bonchev–Trinajstić information content (AvgIpc) is 3.48. The molecule has 0 spiro atoms. The number of hydrogen-bond donors (Lipinski definition) is 4. The van der Waals surface area contributed by atoms with Gasteiger partial charge in [-0.25, -0.2) is 0 Å². The van der Waals surface area contributed by atoms with E-state index < -0.39 is 11.9 Å². The van der Waals surface area contributed by atoms with Gasteiger partial charge in [-0.1, -0.05) is 17.3 Å². The van der Waals surface area contributed by atoms with Crippen LogP contribution in [0.25, 0.3) is 0 Å². The van der Waals surface area contributed by atoms with Gasteiger partial charge in [0.2, 0.25) is 11.8 Å². The average molecular weight is 410 g/mol. The van der Waals surface area contributed by atoms with E-state index in [0.29, 0.717) is 37.4 Å². The number of benzene rings is 1. The number of amides is 3. The van der Waals surface area contributed by atoms with Gasteiger partial charge in [-0.05, 0) is 36.6 Å². The zero-order chi connectivity index (χ0) is 20.7. The smallest absolute Gasteiger partial charge is 0.255 e. The van der Waals surface area contributed by atoms with Crippen molar-refractivity contribution in [3.63, 3.8) is 0 Å². The van der Waals surface area contributed by atoms with E-state index in [1.54, 1.807) is 4.90 Å². The van der Waals surface area contributed by atoms with Gasteiger partial charge in [0.15, 0.2) is 5.82 Å². The normalized spacial score (nSPS) is 26.2. The number of nitrogens with one attached hydrogen (secondary N) is 4. The summed E-state index contributed by atoms with van der Waals surface area (Å²) in [5.74, 6) is -0.217. The zero-order valence-electron chi connectivity index (χ0n) is 16.3. The van der Waals surface area contributed by atoms with Crippen LogP contribution in [0, 0.1) is 0 Å². The zero-order valence-corrected chi connectivity index (χ0v) is 16.3. The first-order chi connectivity index (χ1) is 14.6. The van der Waals surface area contributed by atoms with Crippen LogP contribution in [0.4, 0.5) is 0 Å². The van der Waals surface area contributed by atoms with Crippen LogP contribution in [0.1, 0.15) is 46.6 Å². The van der Waals surface area contributed by atoms with Gasteiger partial charge in [0.1, 0.15) is 6.04 Å². The summed E-state index contributed by atoms with van der Waals surface area (Å²) < 4.78 is 0. The Labute approximate surface area is 172 Å². The molecule has 11 nitrogen and oxygen atoms in total. The molecule has 1 aromatic carbocycles. The molecule has 3 aliphatic heterocycles. The molecule has 156 valence electrons. The lowest BCUT2D eigenvalue weighted by atomic mass is 9.96. The van der Waals surface area contributed by atoms with Crippen LogP contribution in [0.5, 0.6) is 0 Å². The summed E-state index contributed by atoms with van der Waals surface area (Å²) in [4.78, 5) is 38.0. The molecule has 2 unspecified atom stereocenters. The van der Waals surface area contributed by atoms with Crippen molar-refractivity contribution in [2.24, 2.45) is 0 Å². The Hall–Kier alpha value is -3.18. The molecule has 30 heavy (non-hydrogen) atoms. The van der Waals surface area contributed by atoms with Crippen molar-refractivity contribution in [1.29, 1.82) is 0 Å². The van der Waals surface area contributed by atoms with Crippen molar-refractivity contribution in [1.82, 2.24) is 41.5 Å². The summed E-state index contributed by atoms with van der Waals surface area (Å²) in [5, 5.41) is 23.7. The fourth-order valence-corrected chi connectivity index (χ4v) is 4.49. The van der Waals surface area contributed by atoms with Crippen LogP contribution in [-0.4, -0.2) is 62.4 Å². The van der Waals surface area contributed by atoms with Gasteiger partial charge in [-0.2, -0.15) is 5.21 Å². The van der Waals surface area contributed by atoms with Crippen molar-refractivity contribution in [3.05, 3.63) is 40.7 Å². The number of piperidine rings is 1. The number of carbonyl (C=O) groups excluding carboxylic acids is 3. The number of imide groups is 1. The number of aromatic nitrogens is 4. The summed E-state index contributed by atoms with van der Waals surface area (Å²) >= 11 is 0. The molecule has 5 rings (SSSR count). The Morgan fingerprint density at radius 1 is 1.27 bits per heavy atom. The molecule has 0 saturated carbocycles. The third-order valence-electron chi connectivity index (χ3n) is 6.15. The molecule has 2 aromatic rings. The number of rotatable bonds is 5. The van der Waals surface area contributed by atoms with Gasteiger partial charge < -0.3 is 10.2 Å². The van der Waals surface area contributed by atoms with Gasteiger partial charge in [0, 0.05) is 31.6 Å². The minimum atomic E-state index is -0.602. The van der Waals surface area contributed by atoms with Crippen LogP contribution in [0.2, 0.25) is 0 Å². The molecule has 11 heteroatoms. The number of carbonyl (C=O) groups is 3. The standard InChI is InChI=1S/C19H22N8O3/c28-15-4-3-14(16(29)22-15)27-9-12-7-11(1-2-13(12)17(27)30)8-21-19(5-6-20-10-19)18-23-25-26-24-18/h1-2,7,14,20-21H,3-6,8-10H2,(H,22,28,29)(H,23,24,25,26). The second-order valence-electron chi connectivity index (χ2n) is 7.99. The molecule has 3 aliphatic rings. The number of nitrogens with zero attached hydrogens (tertiary/aromatic N) is 4. The molecule has 0 aliphatic carbocycles. The highest BCUT2D eigenvalue weighted by Gasteiger charge is 2.40. The fourth-order valence-electron chi connectivity index (χ4n) is 4.49. The monoisotopic (exact) mass is 410 g/mol. The van der Waals surface area contributed by atoms with Crippen LogP contribution in [0.15, 0.2) is 18.2 Å². The Kier molecular flexibility index (Phi) is 4.55. The maximum Gasteiger partial charge on any atom is 0.255 e. The lowest BCUT2D eigenvalue weighted by molar-refractivity contribution is -0.136.